The summed E-state index contributed by atoms with van der Waals surface area (Å²) in [5.41, 5.74) is 0.990. The Morgan fingerprint density at radius 1 is 1.19 bits per heavy atom. The Kier molecular flexibility index (Phi) is 12.4. The van der Waals surface area contributed by atoms with Crippen LogP contribution in [-0.2, 0) is 6.54 Å². The molecule has 0 bridgehead atoms. The van der Waals surface area contributed by atoms with Crippen LogP contribution in [0.25, 0.3) is 0 Å². The molecule has 2 aromatic rings. The lowest BCUT2D eigenvalue weighted by Crippen LogP contribution is -2.39. The van der Waals surface area contributed by atoms with Gasteiger partial charge in [-0.25, -0.2) is 9.98 Å². The number of unbranched alkanes of at least 4 members (excludes halogenated alkanes) is 1. The van der Waals surface area contributed by atoms with E-state index >= 15 is 0 Å². The van der Waals surface area contributed by atoms with Gasteiger partial charge in [0.05, 0.1) is 20.8 Å². The molecule has 2 rings (SSSR count). The zero-order valence-corrected chi connectivity index (χ0v) is 21.1. The molecule has 0 amide bonds. The maximum Gasteiger partial charge on any atom is 0.219 e. The number of nitrogens with zero attached hydrogens (tertiary/aromatic N) is 3. The van der Waals surface area contributed by atoms with Crippen LogP contribution in [0.4, 0.5) is 0 Å². The summed E-state index contributed by atoms with van der Waals surface area (Å²) in [6.07, 6.45) is 5.74. The fourth-order valence-electron chi connectivity index (χ4n) is 2.80. The van der Waals surface area contributed by atoms with Gasteiger partial charge in [-0.05, 0) is 37.5 Å². The molecular formula is C23H33IN4O3. The summed E-state index contributed by atoms with van der Waals surface area (Å²) in [5, 5.41) is 3.33. The van der Waals surface area contributed by atoms with Crippen molar-refractivity contribution in [2.24, 2.45) is 4.99 Å². The molecule has 31 heavy (non-hydrogen) atoms. The summed E-state index contributed by atoms with van der Waals surface area (Å²) in [4.78, 5) is 11.3. The lowest BCUT2D eigenvalue weighted by atomic mass is 10.3. The van der Waals surface area contributed by atoms with Crippen molar-refractivity contribution in [3.8, 4) is 23.1 Å². The van der Waals surface area contributed by atoms with E-state index in [9.17, 15) is 0 Å². The second-order valence-electron chi connectivity index (χ2n) is 6.62. The molecule has 0 saturated heterocycles. The Balaban J connectivity index is 0.00000480. The van der Waals surface area contributed by atoms with E-state index in [0.29, 0.717) is 29.7 Å². The number of ether oxygens (including phenoxy) is 3. The topological polar surface area (TPSA) is 68.2 Å². The van der Waals surface area contributed by atoms with E-state index in [1.807, 2.05) is 43.5 Å². The summed E-state index contributed by atoms with van der Waals surface area (Å²) in [6, 6.07) is 9.24. The molecule has 0 radical (unpaired) electrons. The third kappa shape index (κ3) is 8.28. The highest BCUT2D eigenvalue weighted by Gasteiger charge is 2.13. The van der Waals surface area contributed by atoms with Crippen LogP contribution in [0.1, 0.15) is 25.3 Å². The molecule has 0 saturated carbocycles. The smallest absolute Gasteiger partial charge is 0.219 e. The molecule has 0 atom stereocenters. The number of nitrogens with one attached hydrogen (secondary N) is 1. The van der Waals surface area contributed by atoms with Crippen LogP contribution in [-0.4, -0.2) is 50.2 Å². The third-order valence-electron chi connectivity index (χ3n) is 4.40. The van der Waals surface area contributed by atoms with Crippen molar-refractivity contribution in [2.45, 2.75) is 26.3 Å². The van der Waals surface area contributed by atoms with Gasteiger partial charge in [0, 0.05) is 32.4 Å². The van der Waals surface area contributed by atoms with Crippen LogP contribution >= 0.6 is 24.0 Å². The molecule has 170 valence electrons. The average molecular weight is 540 g/mol. The quantitative estimate of drug-likeness (QED) is 0.144. The number of allylic oxidation sites excluding steroid dienone is 1. The minimum atomic E-state index is 0. The Morgan fingerprint density at radius 2 is 1.90 bits per heavy atom. The van der Waals surface area contributed by atoms with Crippen molar-refractivity contribution < 1.29 is 14.2 Å². The molecule has 1 heterocycles. The lowest BCUT2D eigenvalue weighted by molar-refractivity contribution is 0.342. The second kappa shape index (κ2) is 14.5. The van der Waals surface area contributed by atoms with Crippen LogP contribution in [0.2, 0.25) is 0 Å². The van der Waals surface area contributed by atoms with E-state index < -0.39 is 0 Å². The number of halogens is 1. The van der Waals surface area contributed by atoms with Gasteiger partial charge < -0.3 is 24.4 Å². The van der Waals surface area contributed by atoms with E-state index in [2.05, 4.69) is 28.7 Å². The monoisotopic (exact) mass is 540 g/mol. The number of aromatic nitrogens is 1. The molecule has 0 aliphatic rings. The van der Waals surface area contributed by atoms with E-state index in [0.717, 1.165) is 37.5 Å². The molecule has 0 spiro atoms. The van der Waals surface area contributed by atoms with Gasteiger partial charge in [0.2, 0.25) is 11.6 Å². The molecular weight excluding hydrogens is 507 g/mol. The highest BCUT2D eigenvalue weighted by atomic mass is 127. The number of hydrogen-bond donors (Lipinski definition) is 1. The number of aliphatic imine (C=N–C) groups is 1. The maximum atomic E-state index is 5.91. The summed E-state index contributed by atoms with van der Waals surface area (Å²) >= 11 is 0. The predicted octanol–water partition coefficient (Wildman–Crippen LogP) is 4.87. The van der Waals surface area contributed by atoms with Crippen molar-refractivity contribution >= 4 is 29.9 Å². The first-order valence-corrected chi connectivity index (χ1v) is 10.1. The molecule has 0 fully saturated rings. The summed E-state index contributed by atoms with van der Waals surface area (Å²) in [7, 11) is 5.22. The van der Waals surface area contributed by atoms with Crippen molar-refractivity contribution in [1.29, 1.82) is 0 Å². The van der Waals surface area contributed by atoms with Gasteiger partial charge in [-0.1, -0.05) is 18.2 Å². The lowest BCUT2D eigenvalue weighted by Gasteiger charge is -2.21. The fourth-order valence-corrected chi connectivity index (χ4v) is 2.80. The van der Waals surface area contributed by atoms with E-state index in [4.69, 9.17) is 19.2 Å². The van der Waals surface area contributed by atoms with Gasteiger partial charge in [-0.2, -0.15) is 0 Å². The van der Waals surface area contributed by atoms with E-state index in [1.165, 1.54) is 0 Å². The molecule has 8 heteroatoms. The number of benzene rings is 1. The molecule has 1 aromatic carbocycles. The van der Waals surface area contributed by atoms with Gasteiger partial charge in [0.1, 0.15) is 0 Å². The van der Waals surface area contributed by atoms with Gasteiger partial charge in [0.15, 0.2) is 17.5 Å². The fraction of sp³-hybridized carbons (Fsp3) is 0.391. The third-order valence-corrected chi connectivity index (χ3v) is 4.40. The number of para-hydroxylation sites is 1. The SMILES string of the molecule is C=CCCCN(C)C(=NCc1ccc(Oc2c(OC)cccc2OC)nc1)NCC.I. The minimum Gasteiger partial charge on any atom is -0.493 e. The molecule has 1 N–H and O–H groups in total. The van der Waals surface area contributed by atoms with Crippen molar-refractivity contribution in [3.63, 3.8) is 0 Å². The molecule has 0 aliphatic heterocycles. The standard InChI is InChI=1S/C23H32N4O3.HI/c1-6-8-9-15-27(3)23(24-7-2)26-17-18-13-14-21(25-16-18)30-22-19(28-4)11-10-12-20(22)29-5;/h6,10-14,16H,1,7-9,15,17H2,2-5H3,(H,24,26);1H. The average Bonchev–Trinajstić information content (AvgIpc) is 2.77. The van der Waals surface area contributed by atoms with Crippen LogP contribution in [0.15, 0.2) is 54.2 Å². The minimum absolute atomic E-state index is 0. The number of hydrogen-bond acceptors (Lipinski definition) is 5. The van der Waals surface area contributed by atoms with Crippen LogP contribution in [0, 0.1) is 0 Å². The number of guanidine groups is 1. The Morgan fingerprint density at radius 3 is 2.45 bits per heavy atom. The zero-order valence-electron chi connectivity index (χ0n) is 18.8. The summed E-state index contributed by atoms with van der Waals surface area (Å²) in [6.45, 7) is 8.10. The first-order chi connectivity index (χ1) is 14.6. The first kappa shape index (κ1) is 26.5. The maximum absolute atomic E-state index is 5.91. The normalized spacial score (nSPS) is 10.6. The van der Waals surface area contributed by atoms with Crippen molar-refractivity contribution in [2.75, 3.05) is 34.4 Å². The summed E-state index contributed by atoms with van der Waals surface area (Å²) in [5.74, 6) is 3.00. The van der Waals surface area contributed by atoms with Crippen LogP contribution < -0.4 is 19.5 Å². The van der Waals surface area contributed by atoms with Crippen molar-refractivity contribution in [3.05, 3.63) is 54.7 Å². The summed E-state index contributed by atoms with van der Waals surface area (Å²) < 4.78 is 16.6. The molecule has 0 unspecified atom stereocenters. The largest absolute Gasteiger partial charge is 0.493 e. The highest BCUT2D eigenvalue weighted by Crippen LogP contribution is 2.39. The van der Waals surface area contributed by atoms with E-state index in [1.54, 1.807) is 20.4 Å². The second-order valence-corrected chi connectivity index (χ2v) is 6.62. The van der Waals surface area contributed by atoms with Crippen LogP contribution in [0.5, 0.6) is 23.1 Å². The van der Waals surface area contributed by atoms with Gasteiger partial charge in [0.25, 0.3) is 0 Å². The Bertz CT molecular complexity index is 806. The predicted molar refractivity (Wildman–Crippen MR) is 136 cm³/mol. The molecule has 7 nitrogen and oxygen atoms in total. The van der Waals surface area contributed by atoms with Gasteiger partial charge in [-0.3, -0.25) is 0 Å². The number of pyridine rings is 1. The molecule has 0 aliphatic carbocycles. The number of rotatable bonds is 11. The van der Waals surface area contributed by atoms with E-state index in [-0.39, 0.29) is 24.0 Å². The van der Waals surface area contributed by atoms with Gasteiger partial charge >= 0.3 is 0 Å². The van der Waals surface area contributed by atoms with Crippen molar-refractivity contribution in [1.82, 2.24) is 15.2 Å². The Hall–Kier alpha value is -2.49. The van der Waals surface area contributed by atoms with Crippen LogP contribution in [0.3, 0.4) is 0 Å². The Labute approximate surface area is 202 Å². The zero-order chi connectivity index (χ0) is 21.8. The van der Waals surface area contributed by atoms with Gasteiger partial charge in [-0.15, -0.1) is 30.6 Å². The first-order valence-electron chi connectivity index (χ1n) is 10.1. The molecule has 1 aromatic heterocycles. The highest BCUT2D eigenvalue weighted by molar-refractivity contribution is 14.0. The number of methoxy groups -OCH3 is 2.